The minimum absolute atomic E-state index is 0.0548. The van der Waals surface area contributed by atoms with Crippen molar-refractivity contribution in [3.63, 3.8) is 0 Å². The number of hydrogen-bond donors (Lipinski definition) is 1. The number of hydrogen-bond acceptors (Lipinski definition) is 4. The molecule has 0 fully saturated rings. The Morgan fingerprint density at radius 1 is 1.47 bits per heavy atom. The van der Waals surface area contributed by atoms with Crippen molar-refractivity contribution in [1.29, 1.82) is 0 Å². The van der Waals surface area contributed by atoms with E-state index in [1.807, 2.05) is 25.6 Å². The van der Waals surface area contributed by atoms with E-state index in [1.165, 1.54) is 0 Å². The van der Waals surface area contributed by atoms with E-state index >= 15 is 0 Å². The standard InChI is InChI=1S/C11H23NO2S/c1-5-10(8-15-4)12-7-9(3)11(13)14-6-2/h9-10,12H,5-8H2,1-4H3. The molecule has 0 aliphatic rings. The van der Waals surface area contributed by atoms with Crippen LogP contribution < -0.4 is 5.32 Å². The first-order valence-corrected chi connectivity index (χ1v) is 6.93. The van der Waals surface area contributed by atoms with Crippen LogP contribution in [0.1, 0.15) is 27.2 Å². The lowest BCUT2D eigenvalue weighted by Gasteiger charge is -2.18. The fourth-order valence-corrected chi connectivity index (χ4v) is 1.99. The van der Waals surface area contributed by atoms with Crippen LogP contribution in [-0.4, -0.2) is 37.2 Å². The third-order valence-corrected chi connectivity index (χ3v) is 3.00. The van der Waals surface area contributed by atoms with Crippen LogP contribution in [0, 0.1) is 5.92 Å². The number of carbonyl (C=O) groups excluding carboxylic acids is 1. The van der Waals surface area contributed by atoms with Crippen LogP contribution in [0.3, 0.4) is 0 Å². The van der Waals surface area contributed by atoms with Crippen LogP contribution in [0.5, 0.6) is 0 Å². The third-order valence-electron chi connectivity index (χ3n) is 2.26. The highest BCUT2D eigenvalue weighted by atomic mass is 32.2. The van der Waals surface area contributed by atoms with Gasteiger partial charge in [0.05, 0.1) is 12.5 Å². The summed E-state index contributed by atoms with van der Waals surface area (Å²) in [4.78, 5) is 11.3. The largest absolute Gasteiger partial charge is 0.466 e. The number of ether oxygens (including phenoxy) is 1. The summed E-state index contributed by atoms with van der Waals surface area (Å²) in [6.07, 6.45) is 3.19. The minimum atomic E-state index is -0.107. The van der Waals surface area contributed by atoms with Crippen molar-refractivity contribution in [3.8, 4) is 0 Å². The van der Waals surface area contributed by atoms with Crippen molar-refractivity contribution in [2.24, 2.45) is 5.92 Å². The summed E-state index contributed by atoms with van der Waals surface area (Å²) in [7, 11) is 0. The van der Waals surface area contributed by atoms with Crippen LogP contribution in [0.4, 0.5) is 0 Å². The smallest absolute Gasteiger partial charge is 0.309 e. The Morgan fingerprint density at radius 2 is 2.13 bits per heavy atom. The average molecular weight is 233 g/mol. The Hall–Kier alpha value is -0.220. The molecule has 0 rings (SSSR count). The van der Waals surface area contributed by atoms with E-state index < -0.39 is 0 Å². The molecule has 0 spiro atoms. The molecule has 0 aliphatic heterocycles. The minimum Gasteiger partial charge on any atom is -0.466 e. The van der Waals surface area contributed by atoms with Crippen molar-refractivity contribution in [2.75, 3.05) is 25.2 Å². The summed E-state index contributed by atoms with van der Waals surface area (Å²) in [5.74, 6) is 0.927. The molecule has 0 heterocycles. The number of esters is 1. The highest BCUT2D eigenvalue weighted by Crippen LogP contribution is 2.03. The second-order valence-corrected chi connectivity index (χ2v) is 4.53. The summed E-state index contributed by atoms with van der Waals surface area (Å²) in [5.41, 5.74) is 0. The Morgan fingerprint density at radius 3 is 2.60 bits per heavy atom. The first kappa shape index (κ1) is 14.8. The maximum absolute atomic E-state index is 11.3. The fourth-order valence-electron chi connectivity index (χ4n) is 1.23. The first-order valence-electron chi connectivity index (χ1n) is 5.54. The van der Waals surface area contributed by atoms with E-state index in [0.29, 0.717) is 19.2 Å². The van der Waals surface area contributed by atoms with Gasteiger partial charge in [0, 0.05) is 18.3 Å². The fraction of sp³-hybridized carbons (Fsp3) is 0.909. The van der Waals surface area contributed by atoms with Gasteiger partial charge in [-0.1, -0.05) is 13.8 Å². The summed E-state index contributed by atoms with van der Waals surface area (Å²) in [6, 6.07) is 0.497. The van der Waals surface area contributed by atoms with Gasteiger partial charge in [0.25, 0.3) is 0 Å². The third kappa shape index (κ3) is 6.79. The monoisotopic (exact) mass is 233 g/mol. The molecule has 2 atom stereocenters. The predicted octanol–water partition coefficient (Wildman–Crippen LogP) is 1.92. The molecule has 4 heteroatoms. The zero-order valence-electron chi connectivity index (χ0n) is 10.2. The number of carbonyl (C=O) groups is 1. The van der Waals surface area contributed by atoms with Crippen molar-refractivity contribution < 1.29 is 9.53 Å². The van der Waals surface area contributed by atoms with Gasteiger partial charge >= 0.3 is 5.97 Å². The maximum atomic E-state index is 11.3. The molecule has 0 aromatic rings. The highest BCUT2D eigenvalue weighted by Gasteiger charge is 2.15. The van der Waals surface area contributed by atoms with Gasteiger partial charge in [-0.3, -0.25) is 4.79 Å². The van der Waals surface area contributed by atoms with Gasteiger partial charge in [0.15, 0.2) is 0 Å². The van der Waals surface area contributed by atoms with Gasteiger partial charge < -0.3 is 10.1 Å². The van der Waals surface area contributed by atoms with Gasteiger partial charge in [-0.25, -0.2) is 0 Å². The maximum Gasteiger partial charge on any atom is 0.309 e. The topological polar surface area (TPSA) is 38.3 Å². The molecular weight excluding hydrogens is 210 g/mol. The number of nitrogens with one attached hydrogen (secondary N) is 1. The quantitative estimate of drug-likeness (QED) is 0.650. The second kappa shape index (κ2) is 9.04. The van der Waals surface area contributed by atoms with E-state index in [2.05, 4.69) is 18.5 Å². The van der Waals surface area contributed by atoms with Crippen molar-refractivity contribution in [3.05, 3.63) is 0 Å². The van der Waals surface area contributed by atoms with Crippen molar-refractivity contribution >= 4 is 17.7 Å². The Kier molecular flexibility index (Phi) is 8.91. The van der Waals surface area contributed by atoms with Crippen LogP contribution in [-0.2, 0) is 9.53 Å². The van der Waals surface area contributed by atoms with Gasteiger partial charge in [0.1, 0.15) is 0 Å². The summed E-state index contributed by atoms with van der Waals surface area (Å²) in [5, 5.41) is 3.39. The Labute approximate surface area is 97.3 Å². The Bertz CT molecular complexity index is 176. The highest BCUT2D eigenvalue weighted by molar-refractivity contribution is 7.98. The van der Waals surface area contributed by atoms with Crippen LogP contribution in [0.25, 0.3) is 0 Å². The molecule has 0 aliphatic carbocycles. The molecule has 3 nitrogen and oxygen atoms in total. The SMILES string of the molecule is CCOC(=O)C(C)CNC(CC)CSC. The zero-order valence-corrected chi connectivity index (χ0v) is 11.0. The Balaban J connectivity index is 3.76. The summed E-state index contributed by atoms with van der Waals surface area (Å²) < 4.78 is 4.95. The van der Waals surface area contributed by atoms with E-state index in [4.69, 9.17) is 4.74 Å². The van der Waals surface area contributed by atoms with Crippen molar-refractivity contribution in [1.82, 2.24) is 5.32 Å². The van der Waals surface area contributed by atoms with Crippen molar-refractivity contribution in [2.45, 2.75) is 33.2 Å². The van der Waals surface area contributed by atoms with Crippen LogP contribution >= 0.6 is 11.8 Å². The number of rotatable bonds is 8. The van der Waals surface area contributed by atoms with E-state index in [1.54, 1.807) is 0 Å². The van der Waals surface area contributed by atoms with Crippen LogP contribution in [0.2, 0.25) is 0 Å². The average Bonchev–Trinajstić information content (AvgIpc) is 2.24. The molecule has 0 aromatic carbocycles. The first-order chi connectivity index (χ1) is 7.15. The number of thioether (sulfide) groups is 1. The lowest BCUT2D eigenvalue weighted by molar-refractivity contribution is -0.147. The molecule has 0 amide bonds. The lowest BCUT2D eigenvalue weighted by Crippen LogP contribution is -2.36. The second-order valence-electron chi connectivity index (χ2n) is 3.62. The van der Waals surface area contributed by atoms with Gasteiger partial charge in [-0.15, -0.1) is 0 Å². The molecule has 1 N–H and O–H groups in total. The zero-order chi connectivity index (χ0) is 11.7. The summed E-state index contributed by atoms with van der Waals surface area (Å²) in [6.45, 7) is 7.06. The van der Waals surface area contributed by atoms with Gasteiger partial charge in [-0.05, 0) is 19.6 Å². The molecule has 0 saturated heterocycles. The molecule has 90 valence electrons. The predicted molar refractivity (Wildman–Crippen MR) is 66.3 cm³/mol. The molecular formula is C11H23NO2S. The molecule has 0 saturated carbocycles. The van der Waals surface area contributed by atoms with Crippen LogP contribution in [0.15, 0.2) is 0 Å². The molecule has 0 radical (unpaired) electrons. The van der Waals surface area contributed by atoms with Gasteiger partial charge in [-0.2, -0.15) is 11.8 Å². The van der Waals surface area contributed by atoms with E-state index in [9.17, 15) is 4.79 Å². The lowest BCUT2D eigenvalue weighted by atomic mass is 10.1. The molecule has 2 unspecified atom stereocenters. The van der Waals surface area contributed by atoms with E-state index in [0.717, 1.165) is 12.2 Å². The molecule has 0 aromatic heterocycles. The normalized spacial score (nSPS) is 14.7. The van der Waals surface area contributed by atoms with E-state index in [-0.39, 0.29) is 11.9 Å². The summed E-state index contributed by atoms with van der Waals surface area (Å²) >= 11 is 1.83. The van der Waals surface area contributed by atoms with Gasteiger partial charge in [0.2, 0.25) is 0 Å². The molecule has 15 heavy (non-hydrogen) atoms. The molecule has 0 bridgehead atoms.